The highest BCUT2D eigenvalue weighted by molar-refractivity contribution is 5.92. The van der Waals surface area contributed by atoms with Gasteiger partial charge in [0.25, 0.3) is 0 Å². The van der Waals surface area contributed by atoms with Gasteiger partial charge >= 0.3 is 5.97 Å². The lowest BCUT2D eigenvalue weighted by Crippen LogP contribution is -2.46. The number of rotatable bonds is 9. The maximum absolute atomic E-state index is 13.0. The fraction of sp³-hybridized carbons (Fsp3) is 0.227. The maximum atomic E-state index is 13.0. The maximum Gasteiger partial charge on any atom is 0.330 e. The van der Waals surface area contributed by atoms with Crippen molar-refractivity contribution in [2.24, 2.45) is 5.73 Å². The second kappa shape index (κ2) is 10.7. The third-order valence-electron chi connectivity index (χ3n) is 4.10. The molecule has 3 N–H and O–H groups in total. The molecular weight excluding hydrogens is 356 g/mol. The van der Waals surface area contributed by atoms with Gasteiger partial charge in [0.15, 0.2) is 0 Å². The summed E-state index contributed by atoms with van der Waals surface area (Å²) in [6.07, 6.45) is 2.78. The van der Waals surface area contributed by atoms with Crippen molar-refractivity contribution < 1.29 is 19.1 Å². The van der Waals surface area contributed by atoms with Gasteiger partial charge in [0.2, 0.25) is 11.8 Å². The smallest absolute Gasteiger partial charge is 0.330 e. The molecule has 0 spiro atoms. The zero-order valence-electron chi connectivity index (χ0n) is 15.7. The van der Waals surface area contributed by atoms with Crippen LogP contribution in [0.25, 0.3) is 0 Å². The predicted molar refractivity (Wildman–Crippen MR) is 106 cm³/mol. The number of nitrogens with one attached hydrogen (secondary N) is 1. The van der Waals surface area contributed by atoms with E-state index in [0.717, 1.165) is 11.1 Å². The molecule has 0 saturated carbocycles. The first-order valence-electron chi connectivity index (χ1n) is 9.05. The Kier molecular flexibility index (Phi) is 7.96. The zero-order valence-corrected chi connectivity index (χ0v) is 15.7. The number of carbonyl (C=O) groups is 3. The van der Waals surface area contributed by atoms with E-state index in [4.69, 9.17) is 10.5 Å². The molecule has 0 aliphatic heterocycles. The van der Waals surface area contributed by atoms with Gasteiger partial charge in [0.05, 0.1) is 12.5 Å². The topological polar surface area (TPSA) is 98.5 Å². The Bertz CT molecular complexity index is 779. The number of esters is 1. The number of hydrogen-bond acceptors (Lipinski definition) is 4. The summed E-state index contributed by atoms with van der Waals surface area (Å²) in [5, 5.41) is 2.70. The first kappa shape index (κ1) is 20.9. The van der Waals surface area contributed by atoms with Crippen molar-refractivity contribution in [3.05, 3.63) is 83.9 Å². The van der Waals surface area contributed by atoms with Crippen LogP contribution < -0.4 is 11.1 Å². The molecular formula is C22H24N2O4. The first-order chi connectivity index (χ1) is 13.5. The number of nitrogens with two attached hydrogens (primary N) is 1. The molecule has 28 heavy (non-hydrogen) atoms. The number of amides is 2. The van der Waals surface area contributed by atoms with Gasteiger partial charge in [-0.25, -0.2) is 4.79 Å². The normalized spacial score (nSPS) is 11.9. The average Bonchev–Trinajstić information content (AvgIpc) is 2.69. The molecule has 0 bridgehead atoms. The van der Waals surface area contributed by atoms with Crippen LogP contribution in [0, 0.1) is 0 Å². The summed E-state index contributed by atoms with van der Waals surface area (Å²) in [5.41, 5.74) is 7.04. The summed E-state index contributed by atoms with van der Waals surface area (Å²) in [7, 11) is 0. The van der Waals surface area contributed by atoms with Crippen LogP contribution in [-0.4, -0.2) is 30.4 Å². The van der Waals surface area contributed by atoms with Gasteiger partial charge in [-0.05, 0) is 24.5 Å². The van der Waals surface area contributed by atoms with Crippen LogP contribution in [0.2, 0.25) is 0 Å². The van der Waals surface area contributed by atoms with E-state index in [9.17, 15) is 14.4 Å². The predicted octanol–water partition coefficient (Wildman–Crippen LogP) is 2.30. The highest BCUT2D eigenvalue weighted by atomic mass is 16.5. The molecule has 0 aromatic heterocycles. The van der Waals surface area contributed by atoms with Crippen LogP contribution in [0.4, 0.5) is 0 Å². The van der Waals surface area contributed by atoms with Gasteiger partial charge in [0, 0.05) is 6.08 Å². The van der Waals surface area contributed by atoms with Crippen LogP contribution in [0.1, 0.15) is 30.4 Å². The molecule has 2 aromatic carbocycles. The largest absolute Gasteiger partial charge is 0.463 e. The van der Waals surface area contributed by atoms with Crippen molar-refractivity contribution in [2.45, 2.75) is 25.3 Å². The van der Waals surface area contributed by atoms with Crippen molar-refractivity contribution in [3.63, 3.8) is 0 Å². The summed E-state index contributed by atoms with van der Waals surface area (Å²) < 4.78 is 4.79. The monoisotopic (exact) mass is 380 g/mol. The molecule has 0 aliphatic rings. The highest BCUT2D eigenvalue weighted by Gasteiger charge is 2.26. The molecule has 0 fully saturated rings. The Hall–Kier alpha value is -3.41. The lowest BCUT2D eigenvalue weighted by molar-refractivity contribution is -0.137. The Morgan fingerprint density at radius 2 is 1.54 bits per heavy atom. The van der Waals surface area contributed by atoms with Crippen LogP contribution in [0.5, 0.6) is 0 Å². The molecule has 6 heteroatoms. The average molecular weight is 380 g/mol. The quantitative estimate of drug-likeness (QED) is 0.515. The Morgan fingerprint density at radius 3 is 2.00 bits per heavy atom. The van der Waals surface area contributed by atoms with Gasteiger partial charge < -0.3 is 15.8 Å². The second-order valence-corrected chi connectivity index (χ2v) is 6.11. The van der Waals surface area contributed by atoms with Crippen LogP contribution in [0.15, 0.2) is 72.8 Å². The molecule has 2 amide bonds. The molecule has 0 aliphatic carbocycles. The minimum Gasteiger partial charge on any atom is -0.463 e. The summed E-state index contributed by atoms with van der Waals surface area (Å²) in [6, 6.07) is 17.7. The minimum absolute atomic E-state index is 0.0934. The first-order valence-corrected chi connectivity index (χ1v) is 9.05. The summed E-state index contributed by atoms with van der Waals surface area (Å²) >= 11 is 0. The molecule has 1 atom stereocenters. The molecule has 2 aromatic rings. The number of carbonyl (C=O) groups excluding carboxylic acids is 3. The Labute approximate surface area is 164 Å². The lowest BCUT2D eigenvalue weighted by atomic mass is 9.90. The van der Waals surface area contributed by atoms with Gasteiger partial charge in [0.1, 0.15) is 6.04 Å². The van der Waals surface area contributed by atoms with Crippen LogP contribution in [-0.2, 0) is 19.1 Å². The minimum atomic E-state index is -0.937. The van der Waals surface area contributed by atoms with Crippen LogP contribution >= 0.6 is 0 Å². The van der Waals surface area contributed by atoms with E-state index in [1.807, 2.05) is 60.7 Å². The number of primary amides is 1. The van der Waals surface area contributed by atoms with E-state index in [2.05, 4.69) is 5.32 Å². The van der Waals surface area contributed by atoms with Crippen molar-refractivity contribution in [1.29, 1.82) is 0 Å². The molecule has 0 saturated heterocycles. The summed E-state index contributed by atoms with van der Waals surface area (Å²) in [4.78, 5) is 36.2. The number of hydrogen-bond donors (Lipinski definition) is 2. The molecule has 2 rings (SSSR count). The standard InChI is InChI=1S/C22H24N2O4/c1-2-28-19(25)15-9-14-18(21(23)26)24-22(27)20(16-10-5-3-6-11-16)17-12-7-4-8-13-17/h3-13,15,18,20H,2,14H2,1H3,(H2,23,26)(H,24,27)/b15-9+/t18-/m0/s1. The molecule has 146 valence electrons. The second-order valence-electron chi connectivity index (χ2n) is 6.11. The third-order valence-corrected chi connectivity index (χ3v) is 4.10. The third kappa shape index (κ3) is 6.09. The summed E-state index contributed by atoms with van der Waals surface area (Å²) in [5.74, 6) is -2.12. The fourth-order valence-corrected chi connectivity index (χ4v) is 2.78. The SMILES string of the molecule is CCOC(=O)/C=C/C[C@H](NC(=O)C(c1ccccc1)c1ccccc1)C(N)=O. The van der Waals surface area contributed by atoms with E-state index in [1.54, 1.807) is 6.92 Å². The Balaban J connectivity index is 2.18. The zero-order chi connectivity index (χ0) is 20.4. The lowest BCUT2D eigenvalue weighted by Gasteiger charge is -2.21. The summed E-state index contributed by atoms with van der Waals surface area (Å²) in [6.45, 7) is 1.96. The molecule has 6 nitrogen and oxygen atoms in total. The Morgan fingerprint density at radius 1 is 1.00 bits per heavy atom. The van der Waals surface area contributed by atoms with E-state index < -0.39 is 23.8 Å². The fourth-order valence-electron chi connectivity index (χ4n) is 2.78. The molecule has 0 unspecified atom stereocenters. The van der Waals surface area contributed by atoms with Crippen molar-refractivity contribution >= 4 is 17.8 Å². The van der Waals surface area contributed by atoms with Gasteiger partial charge in [-0.2, -0.15) is 0 Å². The van der Waals surface area contributed by atoms with Gasteiger partial charge in [-0.1, -0.05) is 66.7 Å². The van der Waals surface area contributed by atoms with Gasteiger partial charge in [-0.15, -0.1) is 0 Å². The van der Waals surface area contributed by atoms with Crippen molar-refractivity contribution in [1.82, 2.24) is 5.32 Å². The van der Waals surface area contributed by atoms with Crippen molar-refractivity contribution in [2.75, 3.05) is 6.61 Å². The highest BCUT2D eigenvalue weighted by Crippen LogP contribution is 2.25. The number of ether oxygens (including phenoxy) is 1. The van der Waals surface area contributed by atoms with E-state index >= 15 is 0 Å². The number of benzene rings is 2. The van der Waals surface area contributed by atoms with E-state index in [0.29, 0.717) is 0 Å². The van der Waals surface area contributed by atoms with E-state index in [1.165, 1.54) is 12.2 Å². The molecule has 0 radical (unpaired) electrons. The molecule has 0 heterocycles. The van der Waals surface area contributed by atoms with Gasteiger partial charge in [-0.3, -0.25) is 9.59 Å². The van der Waals surface area contributed by atoms with Crippen LogP contribution in [0.3, 0.4) is 0 Å². The van der Waals surface area contributed by atoms with Crippen molar-refractivity contribution in [3.8, 4) is 0 Å². The van der Waals surface area contributed by atoms with E-state index in [-0.39, 0.29) is 18.9 Å².